The molecular weight excluding hydrogens is 326 g/mol. The van der Waals surface area contributed by atoms with Crippen molar-refractivity contribution in [3.63, 3.8) is 0 Å². The topological polar surface area (TPSA) is 56.1 Å². The Morgan fingerprint density at radius 2 is 1.81 bits per heavy atom. The molecule has 1 aromatic heterocycles. The lowest BCUT2D eigenvalue weighted by Crippen LogP contribution is -2.14. The van der Waals surface area contributed by atoms with Gasteiger partial charge in [0.2, 0.25) is 0 Å². The van der Waals surface area contributed by atoms with Crippen molar-refractivity contribution < 1.29 is 9.53 Å². The van der Waals surface area contributed by atoms with Crippen LogP contribution in [0.3, 0.4) is 0 Å². The summed E-state index contributed by atoms with van der Waals surface area (Å²) in [5.41, 5.74) is 3.20. The summed E-state index contributed by atoms with van der Waals surface area (Å²) in [6.07, 6.45) is 3.35. The van der Waals surface area contributed by atoms with Crippen LogP contribution in [0.4, 0.5) is 5.69 Å². The molecule has 0 radical (unpaired) electrons. The Balaban J connectivity index is 1.83. The number of hydrogen-bond donors (Lipinski definition) is 1. The minimum atomic E-state index is -0.153. The minimum Gasteiger partial charge on any atom is -0.494 e. The van der Waals surface area contributed by atoms with Gasteiger partial charge in [-0.1, -0.05) is 31.5 Å². The second-order valence-corrected chi connectivity index (χ2v) is 5.91. The van der Waals surface area contributed by atoms with E-state index in [9.17, 15) is 4.79 Å². The molecular formula is C21H23N3O2. The Morgan fingerprint density at radius 3 is 2.46 bits per heavy atom. The zero-order valence-electron chi connectivity index (χ0n) is 15.1. The molecule has 2 aromatic carbocycles. The maximum Gasteiger partial charge on any atom is 0.259 e. The number of amides is 1. The number of ether oxygens (including phenoxy) is 1. The number of benzene rings is 2. The Bertz CT molecular complexity index is 855. The third-order valence-corrected chi connectivity index (χ3v) is 4.02. The molecule has 3 aromatic rings. The highest BCUT2D eigenvalue weighted by Crippen LogP contribution is 2.20. The zero-order chi connectivity index (χ0) is 18.4. The molecule has 1 N–H and O–H groups in total. The predicted molar refractivity (Wildman–Crippen MR) is 103 cm³/mol. The number of aromatic nitrogens is 2. The van der Waals surface area contributed by atoms with Crippen LogP contribution >= 0.6 is 0 Å². The number of hydrogen-bond acceptors (Lipinski definition) is 3. The van der Waals surface area contributed by atoms with Gasteiger partial charge in [0.25, 0.3) is 5.91 Å². The first-order valence-corrected chi connectivity index (χ1v) is 8.89. The van der Waals surface area contributed by atoms with E-state index in [0.717, 1.165) is 35.7 Å². The molecule has 0 unspecified atom stereocenters. The van der Waals surface area contributed by atoms with E-state index >= 15 is 0 Å². The van der Waals surface area contributed by atoms with Crippen LogP contribution in [0.15, 0.2) is 60.8 Å². The summed E-state index contributed by atoms with van der Waals surface area (Å²) in [4.78, 5) is 12.8. The van der Waals surface area contributed by atoms with Gasteiger partial charge in [-0.15, -0.1) is 0 Å². The smallest absolute Gasteiger partial charge is 0.259 e. The molecule has 0 spiro atoms. The quantitative estimate of drug-likeness (QED) is 0.684. The standard InChI is InChI=1S/C21H23N3O2/c1-3-8-20-19(15-22-24(20)17-9-6-5-7-10-17)21(25)23-16-11-13-18(14-12-16)26-4-2/h5-7,9-15H,3-4,8H2,1-2H3,(H,23,25). The summed E-state index contributed by atoms with van der Waals surface area (Å²) < 4.78 is 7.27. The van der Waals surface area contributed by atoms with E-state index < -0.39 is 0 Å². The molecule has 134 valence electrons. The fraction of sp³-hybridized carbons (Fsp3) is 0.238. The van der Waals surface area contributed by atoms with Gasteiger partial charge in [0, 0.05) is 5.69 Å². The van der Waals surface area contributed by atoms with Crippen LogP contribution in [0.5, 0.6) is 5.75 Å². The average molecular weight is 349 g/mol. The second-order valence-electron chi connectivity index (χ2n) is 5.91. The molecule has 0 fully saturated rings. The van der Waals surface area contributed by atoms with Crippen molar-refractivity contribution in [1.29, 1.82) is 0 Å². The van der Waals surface area contributed by atoms with Crippen molar-refractivity contribution in [2.24, 2.45) is 0 Å². The first-order valence-electron chi connectivity index (χ1n) is 8.89. The summed E-state index contributed by atoms with van der Waals surface area (Å²) in [5.74, 6) is 0.633. The first kappa shape index (κ1) is 17.7. The summed E-state index contributed by atoms with van der Waals surface area (Å²) in [6, 6.07) is 17.2. The Hall–Kier alpha value is -3.08. The normalized spacial score (nSPS) is 10.5. The van der Waals surface area contributed by atoms with Crippen molar-refractivity contribution in [3.05, 3.63) is 72.1 Å². The summed E-state index contributed by atoms with van der Waals surface area (Å²) in [5, 5.41) is 7.39. The Labute approximate surface area is 153 Å². The third-order valence-electron chi connectivity index (χ3n) is 4.02. The fourth-order valence-corrected chi connectivity index (χ4v) is 2.83. The molecule has 3 rings (SSSR count). The molecule has 26 heavy (non-hydrogen) atoms. The van der Waals surface area contributed by atoms with Crippen LogP contribution in [0.1, 0.15) is 36.3 Å². The Kier molecular flexibility index (Phi) is 5.69. The van der Waals surface area contributed by atoms with Gasteiger partial charge in [0.1, 0.15) is 5.75 Å². The van der Waals surface area contributed by atoms with Crippen LogP contribution in [0, 0.1) is 0 Å². The van der Waals surface area contributed by atoms with Gasteiger partial charge in [0.15, 0.2) is 0 Å². The lowest BCUT2D eigenvalue weighted by molar-refractivity contribution is 0.102. The highest BCUT2D eigenvalue weighted by atomic mass is 16.5. The number of carbonyl (C=O) groups excluding carboxylic acids is 1. The SMILES string of the molecule is CCCc1c(C(=O)Nc2ccc(OCC)cc2)cnn1-c1ccccc1. The summed E-state index contributed by atoms with van der Waals surface area (Å²) >= 11 is 0. The predicted octanol–water partition coefficient (Wildman–Crippen LogP) is 4.48. The molecule has 0 saturated carbocycles. The van der Waals surface area contributed by atoms with E-state index in [4.69, 9.17) is 4.74 Å². The molecule has 0 saturated heterocycles. The van der Waals surface area contributed by atoms with E-state index in [1.807, 2.05) is 66.2 Å². The first-order chi connectivity index (χ1) is 12.7. The molecule has 5 nitrogen and oxygen atoms in total. The van der Waals surface area contributed by atoms with Gasteiger partial charge in [0.05, 0.1) is 29.7 Å². The number of rotatable bonds is 7. The van der Waals surface area contributed by atoms with Crippen molar-refractivity contribution in [3.8, 4) is 11.4 Å². The number of anilines is 1. The third kappa shape index (κ3) is 3.94. The molecule has 0 bridgehead atoms. The van der Waals surface area contributed by atoms with Crippen LogP contribution < -0.4 is 10.1 Å². The largest absolute Gasteiger partial charge is 0.494 e. The molecule has 1 heterocycles. The number of nitrogens with zero attached hydrogens (tertiary/aromatic N) is 2. The highest BCUT2D eigenvalue weighted by molar-refractivity contribution is 6.05. The lowest BCUT2D eigenvalue weighted by Gasteiger charge is -2.10. The van der Waals surface area contributed by atoms with Crippen LogP contribution in [0.25, 0.3) is 5.69 Å². The average Bonchev–Trinajstić information content (AvgIpc) is 3.08. The highest BCUT2D eigenvalue weighted by Gasteiger charge is 2.18. The van der Waals surface area contributed by atoms with E-state index in [-0.39, 0.29) is 5.91 Å². The molecule has 0 aliphatic carbocycles. The van der Waals surface area contributed by atoms with Crippen LogP contribution in [-0.2, 0) is 6.42 Å². The van der Waals surface area contributed by atoms with Crippen LogP contribution in [-0.4, -0.2) is 22.3 Å². The van der Waals surface area contributed by atoms with Crippen molar-refractivity contribution in [2.75, 3.05) is 11.9 Å². The van der Waals surface area contributed by atoms with E-state index in [0.29, 0.717) is 12.2 Å². The van der Waals surface area contributed by atoms with Gasteiger partial charge in [-0.25, -0.2) is 4.68 Å². The molecule has 1 amide bonds. The van der Waals surface area contributed by atoms with E-state index in [1.54, 1.807) is 6.20 Å². The van der Waals surface area contributed by atoms with Crippen LogP contribution in [0.2, 0.25) is 0 Å². The lowest BCUT2D eigenvalue weighted by atomic mass is 10.1. The maximum atomic E-state index is 12.8. The van der Waals surface area contributed by atoms with Gasteiger partial charge in [-0.2, -0.15) is 5.10 Å². The van der Waals surface area contributed by atoms with Gasteiger partial charge in [-0.05, 0) is 49.7 Å². The number of carbonyl (C=O) groups is 1. The molecule has 0 atom stereocenters. The van der Waals surface area contributed by atoms with Gasteiger partial charge >= 0.3 is 0 Å². The Morgan fingerprint density at radius 1 is 1.08 bits per heavy atom. The minimum absolute atomic E-state index is 0.153. The van der Waals surface area contributed by atoms with Crippen molar-refractivity contribution in [1.82, 2.24) is 9.78 Å². The molecule has 0 aliphatic rings. The van der Waals surface area contributed by atoms with Crippen molar-refractivity contribution in [2.45, 2.75) is 26.7 Å². The van der Waals surface area contributed by atoms with Gasteiger partial charge in [-0.3, -0.25) is 4.79 Å². The molecule has 5 heteroatoms. The maximum absolute atomic E-state index is 12.8. The van der Waals surface area contributed by atoms with E-state index in [2.05, 4.69) is 17.3 Å². The fourth-order valence-electron chi connectivity index (χ4n) is 2.83. The number of nitrogens with one attached hydrogen (secondary N) is 1. The van der Waals surface area contributed by atoms with E-state index in [1.165, 1.54) is 0 Å². The number of para-hydroxylation sites is 1. The molecule has 0 aliphatic heterocycles. The summed E-state index contributed by atoms with van der Waals surface area (Å²) in [7, 11) is 0. The van der Waals surface area contributed by atoms with Crippen molar-refractivity contribution >= 4 is 11.6 Å². The zero-order valence-corrected chi connectivity index (χ0v) is 15.1. The van der Waals surface area contributed by atoms with Gasteiger partial charge < -0.3 is 10.1 Å². The second kappa shape index (κ2) is 8.34. The summed E-state index contributed by atoms with van der Waals surface area (Å²) in [6.45, 7) is 4.65. The monoisotopic (exact) mass is 349 g/mol.